The zero-order valence-corrected chi connectivity index (χ0v) is 19.8. The van der Waals surface area contributed by atoms with Gasteiger partial charge in [0.15, 0.2) is 11.5 Å². The van der Waals surface area contributed by atoms with Crippen LogP contribution in [0.3, 0.4) is 0 Å². The van der Waals surface area contributed by atoms with E-state index in [4.69, 9.17) is 14.2 Å². The first kappa shape index (κ1) is 22.7. The third kappa shape index (κ3) is 4.15. The molecule has 2 aromatic rings. The minimum absolute atomic E-state index is 0.309. The Hall–Kier alpha value is -3.48. The molecule has 0 radical (unpaired) electrons. The van der Waals surface area contributed by atoms with Crippen molar-refractivity contribution in [3.05, 3.63) is 53.7 Å². The highest BCUT2D eigenvalue weighted by Crippen LogP contribution is 2.39. The van der Waals surface area contributed by atoms with Crippen LogP contribution in [-0.2, 0) is 9.59 Å². The largest absolute Gasteiger partial charge is 0.497 e. The molecule has 2 aromatic carbocycles. The van der Waals surface area contributed by atoms with Gasteiger partial charge in [0, 0.05) is 13.1 Å². The third-order valence-corrected chi connectivity index (χ3v) is 6.25. The molecule has 33 heavy (non-hydrogen) atoms. The molecule has 2 amide bonds. The number of ether oxygens (including phenoxy) is 3. The fraction of sp³-hybridized carbons (Fsp3) is 0.385. The van der Waals surface area contributed by atoms with E-state index in [2.05, 4.69) is 18.7 Å². The molecule has 0 bridgehead atoms. The van der Waals surface area contributed by atoms with E-state index in [1.807, 2.05) is 0 Å². The van der Waals surface area contributed by atoms with Gasteiger partial charge < -0.3 is 19.1 Å². The Bertz CT molecular complexity index is 1080. The summed E-state index contributed by atoms with van der Waals surface area (Å²) >= 11 is 0. The lowest BCUT2D eigenvalue weighted by molar-refractivity contribution is -0.120. The molecule has 7 nitrogen and oxygen atoms in total. The summed E-state index contributed by atoms with van der Waals surface area (Å²) in [5.41, 5.74) is 1.97. The van der Waals surface area contributed by atoms with Gasteiger partial charge in [0.1, 0.15) is 11.4 Å². The molecule has 0 N–H and O–H groups in total. The lowest BCUT2D eigenvalue weighted by atomic mass is 9.91. The summed E-state index contributed by atoms with van der Waals surface area (Å²) in [7, 11) is 4.69. The van der Waals surface area contributed by atoms with Crippen LogP contribution in [-0.4, -0.2) is 51.1 Å². The van der Waals surface area contributed by atoms with Crippen molar-refractivity contribution in [3.63, 3.8) is 0 Å². The van der Waals surface area contributed by atoms with Gasteiger partial charge in [-0.05, 0) is 60.2 Å². The molecule has 0 saturated carbocycles. The molecular formula is C26H30N2O5. The average Bonchev–Trinajstić information content (AvgIpc) is 3.07. The predicted molar refractivity (Wildman–Crippen MR) is 126 cm³/mol. The summed E-state index contributed by atoms with van der Waals surface area (Å²) in [5, 5.41) is 0. The van der Waals surface area contributed by atoms with Crippen LogP contribution in [0.25, 0.3) is 5.57 Å². The summed E-state index contributed by atoms with van der Waals surface area (Å²) in [6, 6.07) is 12.3. The topological polar surface area (TPSA) is 68.3 Å². The van der Waals surface area contributed by atoms with Crippen molar-refractivity contribution in [2.75, 3.05) is 39.3 Å². The van der Waals surface area contributed by atoms with Gasteiger partial charge in [-0.3, -0.25) is 9.59 Å². The smallest absolute Gasteiger partial charge is 0.282 e. The molecule has 1 saturated heterocycles. The van der Waals surface area contributed by atoms with Crippen LogP contribution < -0.4 is 19.1 Å². The second kappa shape index (κ2) is 9.17. The molecule has 0 aliphatic carbocycles. The maximum atomic E-state index is 13.8. The van der Waals surface area contributed by atoms with Gasteiger partial charge in [-0.25, -0.2) is 4.90 Å². The fourth-order valence-electron chi connectivity index (χ4n) is 4.87. The number of anilines is 1. The van der Waals surface area contributed by atoms with E-state index in [1.54, 1.807) is 63.8 Å². The highest BCUT2D eigenvalue weighted by molar-refractivity contribution is 6.45. The zero-order valence-electron chi connectivity index (χ0n) is 19.8. The Labute approximate surface area is 194 Å². The maximum Gasteiger partial charge on any atom is 0.282 e. The van der Waals surface area contributed by atoms with Crippen molar-refractivity contribution < 1.29 is 23.8 Å². The van der Waals surface area contributed by atoms with Gasteiger partial charge in [0.2, 0.25) is 0 Å². The Kier molecular flexibility index (Phi) is 6.31. The van der Waals surface area contributed by atoms with Gasteiger partial charge in [0.05, 0.1) is 32.6 Å². The van der Waals surface area contributed by atoms with Crippen LogP contribution in [0.15, 0.2) is 48.2 Å². The highest BCUT2D eigenvalue weighted by Gasteiger charge is 2.43. The number of likely N-dealkylation sites (tertiary alicyclic amines) is 1. The van der Waals surface area contributed by atoms with E-state index in [0.29, 0.717) is 51.6 Å². The SMILES string of the molecule is COc1ccc(N2C(=O)C(c3ccc(OC)c(OC)c3)=C(N3CC(C)CC(C)C3)C2=O)cc1. The zero-order chi connectivity index (χ0) is 23.7. The molecule has 4 rings (SSSR count). The van der Waals surface area contributed by atoms with Crippen LogP contribution in [0, 0.1) is 11.8 Å². The van der Waals surface area contributed by atoms with Gasteiger partial charge in [-0.2, -0.15) is 0 Å². The average molecular weight is 451 g/mol. The number of piperidine rings is 1. The fourth-order valence-corrected chi connectivity index (χ4v) is 4.87. The third-order valence-electron chi connectivity index (χ3n) is 6.25. The van der Waals surface area contributed by atoms with Crippen molar-refractivity contribution >= 4 is 23.1 Å². The van der Waals surface area contributed by atoms with Crippen LogP contribution in [0.1, 0.15) is 25.8 Å². The van der Waals surface area contributed by atoms with Crippen molar-refractivity contribution in [1.82, 2.24) is 4.90 Å². The lowest BCUT2D eigenvalue weighted by Gasteiger charge is -2.37. The Morgan fingerprint density at radius 1 is 0.788 bits per heavy atom. The molecule has 2 unspecified atom stereocenters. The van der Waals surface area contributed by atoms with E-state index in [9.17, 15) is 9.59 Å². The molecule has 2 heterocycles. The number of nitrogens with zero attached hydrogens (tertiary/aromatic N) is 2. The summed E-state index contributed by atoms with van der Waals surface area (Å²) in [4.78, 5) is 30.9. The Morgan fingerprint density at radius 2 is 1.42 bits per heavy atom. The quantitative estimate of drug-likeness (QED) is 0.621. The highest BCUT2D eigenvalue weighted by atomic mass is 16.5. The molecule has 1 fully saturated rings. The van der Waals surface area contributed by atoms with Crippen molar-refractivity contribution in [3.8, 4) is 17.2 Å². The van der Waals surface area contributed by atoms with Crippen LogP contribution in [0.5, 0.6) is 17.2 Å². The summed E-state index contributed by atoms with van der Waals surface area (Å²) in [5.74, 6) is 1.91. The first-order valence-electron chi connectivity index (χ1n) is 11.1. The number of imide groups is 1. The molecule has 7 heteroatoms. The number of carbonyl (C=O) groups excluding carboxylic acids is 2. The molecular weight excluding hydrogens is 420 g/mol. The number of hydrogen-bond acceptors (Lipinski definition) is 6. The van der Waals surface area contributed by atoms with Crippen LogP contribution >= 0.6 is 0 Å². The first-order valence-corrected chi connectivity index (χ1v) is 11.1. The first-order chi connectivity index (χ1) is 15.9. The van der Waals surface area contributed by atoms with Gasteiger partial charge in [0.25, 0.3) is 11.8 Å². The number of carbonyl (C=O) groups is 2. The van der Waals surface area contributed by atoms with Crippen LogP contribution in [0.4, 0.5) is 5.69 Å². The molecule has 2 atom stereocenters. The van der Waals surface area contributed by atoms with E-state index in [0.717, 1.165) is 19.5 Å². The minimum Gasteiger partial charge on any atom is -0.497 e. The lowest BCUT2D eigenvalue weighted by Crippen LogP contribution is -2.42. The standard InChI is InChI=1S/C26H30N2O5/c1-16-12-17(2)15-27(14-16)24-23(18-6-11-21(32-4)22(13-18)33-5)25(29)28(26(24)30)19-7-9-20(31-3)10-8-19/h6-11,13,16-17H,12,14-15H2,1-5H3. The summed E-state index contributed by atoms with van der Waals surface area (Å²) < 4.78 is 16.1. The molecule has 2 aliphatic rings. The molecule has 0 spiro atoms. The van der Waals surface area contributed by atoms with Crippen molar-refractivity contribution in [2.24, 2.45) is 11.8 Å². The van der Waals surface area contributed by atoms with Crippen molar-refractivity contribution in [2.45, 2.75) is 20.3 Å². The second-order valence-electron chi connectivity index (χ2n) is 8.79. The van der Waals surface area contributed by atoms with E-state index in [-0.39, 0.29) is 11.8 Å². The number of rotatable bonds is 6. The van der Waals surface area contributed by atoms with Crippen molar-refractivity contribution in [1.29, 1.82) is 0 Å². The van der Waals surface area contributed by atoms with E-state index < -0.39 is 0 Å². The normalized spacial score (nSPS) is 21.0. The number of amides is 2. The van der Waals surface area contributed by atoms with E-state index in [1.165, 1.54) is 4.90 Å². The second-order valence-corrected chi connectivity index (χ2v) is 8.79. The van der Waals surface area contributed by atoms with Gasteiger partial charge in [-0.15, -0.1) is 0 Å². The summed E-state index contributed by atoms with van der Waals surface area (Å²) in [6.07, 6.45) is 1.10. The monoisotopic (exact) mass is 450 g/mol. The van der Waals surface area contributed by atoms with Gasteiger partial charge >= 0.3 is 0 Å². The summed E-state index contributed by atoms with van der Waals surface area (Å²) in [6.45, 7) is 5.82. The van der Waals surface area contributed by atoms with Gasteiger partial charge in [-0.1, -0.05) is 19.9 Å². The number of benzene rings is 2. The Morgan fingerprint density at radius 3 is 2.00 bits per heavy atom. The molecule has 174 valence electrons. The Balaban J connectivity index is 1.84. The molecule has 0 aromatic heterocycles. The minimum atomic E-state index is -0.349. The number of hydrogen-bond donors (Lipinski definition) is 0. The maximum absolute atomic E-state index is 13.8. The molecule has 2 aliphatic heterocycles. The number of methoxy groups -OCH3 is 3. The van der Waals surface area contributed by atoms with Crippen LogP contribution in [0.2, 0.25) is 0 Å². The van der Waals surface area contributed by atoms with E-state index >= 15 is 0 Å². The predicted octanol–water partition coefficient (Wildman–Crippen LogP) is 3.97.